The zero-order chi connectivity index (χ0) is 22.9. The van der Waals surface area contributed by atoms with Crippen LogP contribution in [0.1, 0.15) is 49.4 Å². The molecule has 1 unspecified atom stereocenters. The van der Waals surface area contributed by atoms with Crippen LogP contribution in [0.25, 0.3) is 0 Å². The molecule has 1 aliphatic heterocycles. The van der Waals surface area contributed by atoms with Gasteiger partial charge in [-0.1, -0.05) is 65.6 Å². The molecule has 0 saturated heterocycles. The molecular weight excluding hydrogens is 482 g/mol. The second kappa shape index (κ2) is 9.49. The Morgan fingerprint density at radius 2 is 1.81 bits per heavy atom. The molecule has 0 radical (unpaired) electrons. The first kappa shape index (κ1) is 23.2. The smallest absolute Gasteiger partial charge is 0.119 e. The Labute approximate surface area is 205 Å². The molecule has 0 fully saturated rings. The summed E-state index contributed by atoms with van der Waals surface area (Å²) in [6, 6.07) is 21.8. The first-order valence-corrected chi connectivity index (χ1v) is 12.5. The molecule has 3 aromatic rings. The first-order chi connectivity index (χ1) is 15.3. The fraction of sp³-hybridized carbons (Fsp3) is 0.357. The van der Waals surface area contributed by atoms with Crippen LogP contribution in [0.4, 0.5) is 5.69 Å². The molecule has 0 amide bonds. The summed E-state index contributed by atoms with van der Waals surface area (Å²) in [7, 11) is 1.73. The number of fused-ring (bicyclic) bond motifs is 1. The Hall–Kier alpha value is -1.97. The normalized spacial score (nSPS) is 18.0. The van der Waals surface area contributed by atoms with Crippen molar-refractivity contribution in [1.82, 2.24) is 0 Å². The van der Waals surface area contributed by atoms with Gasteiger partial charge in [-0.2, -0.15) is 0 Å². The topological polar surface area (TPSA) is 12.5 Å². The number of nitrogens with zero attached hydrogens (tertiary/aromatic N) is 1. The van der Waals surface area contributed by atoms with Gasteiger partial charge in [-0.25, -0.2) is 0 Å². The Kier molecular flexibility index (Phi) is 6.88. The van der Waals surface area contributed by atoms with Gasteiger partial charge in [0.2, 0.25) is 0 Å². The Bertz CT molecular complexity index is 1100. The Morgan fingerprint density at radius 3 is 2.47 bits per heavy atom. The lowest BCUT2D eigenvalue weighted by Gasteiger charge is -2.48. The van der Waals surface area contributed by atoms with E-state index < -0.39 is 0 Å². The summed E-state index contributed by atoms with van der Waals surface area (Å²) >= 11 is 10.4. The van der Waals surface area contributed by atoms with E-state index in [2.05, 4.69) is 102 Å². The third-order valence-corrected chi connectivity index (χ3v) is 7.61. The van der Waals surface area contributed by atoms with Crippen molar-refractivity contribution in [3.8, 4) is 5.75 Å². The van der Waals surface area contributed by atoms with Crippen molar-refractivity contribution < 1.29 is 4.74 Å². The third-order valence-electron chi connectivity index (χ3n) is 6.73. The second-order valence-electron chi connectivity index (χ2n) is 9.21. The van der Waals surface area contributed by atoms with Crippen molar-refractivity contribution in [2.24, 2.45) is 5.92 Å². The molecule has 1 atom stereocenters. The van der Waals surface area contributed by atoms with Crippen molar-refractivity contribution in [2.45, 2.75) is 45.6 Å². The minimum absolute atomic E-state index is 0.316. The lowest BCUT2D eigenvalue weighted by Crippen LogP contribution is -2.49. The van der Waals surface area contributed by atoms with E-state index in [9.17, 15) is 0 Å². The largest absolute Gasteiger partial charge is 0.497 e. The van der Waals surface area contributed by atoms with Gasteiger partial charge in [0, 0.05) is 21.7 Å². The Balaban J connectivity index is 1.80. The maximum atomic E-state index is 6.78. The summed E-state index contributed by atoms with van der Waals surface area (Å²) in [6.07, 6.45) is 3.13. The van der Waals surface area contributed by atoms with E-state index in [4.69, 9.17) is 16.3 Å². The fourth-order valence-electron chi connectivity index (χ4n) is 4.80. The van der Waals surface area contributed by atoms with Gasteiger partial charge in [0.05, 0.1) is 12.6 Å². The zero-order valence-electron chi connectivity index (χ0n) is 19.3. The molecule has 4 rings (SSSR count). The predicted molar refractivity (Wildman–Crippen MR) is 139 cm³/mol. The summed E-state index contributed by atoms with van der Waals surface area (Å²) in [5, 5.41) is 0.863. The molecule has 1 aliphatic rings. The Morgan fingerprint density at radius 1 is 1.06 bits per heavy atom. The average Bonchev–Trinajstić information content (AvgIpc) is 2.78. The standard InChI is InChI=1S/C28H31BrClNO/c1-19(2)5-6-20-7-12-24(18-27(20)30)31-16-15-21-17-25(32-4)13-14-26(21)28(31,3)22-8-10-23(29)11-9-22/h7-14,17-19H,5-6,15-16H2,1-4H3. The van der Waals surface area contributed by atoms with Gasteiger partial charge in [0.25, 0.3) is 0 Å². The summed E-state index contributed by atoms with van der Waals surface area (Å²) in [6.45, 7) is 7.74. The van der Waals surface area contributed by atoms with Crippen LogP contribution in [0.15, 0.2) is 65.1 Å². The number of methoxy groups -OCH3 is 1. The molecule has 0 spiro atoms. The molecule has 32 heavy (non-hydrogen) atoms. The summed E-state index contributed by atoms with van der Waals surface area (Å²) in [4.78, 5) is 2.50. The van der Waals surface area contributed by atoms with E-state index in [1.807, 2.05) is 0 Å². The summed E-state index contributed by atoms with van der Waals surface area (Å²) in [5.74, 6) is 1.58. The van der Waals surface area contributed by atoms with Crippen molar-refractivity contribution in [1.29, 1.82) is 0 Å². The van der Waals surface area contributed by atoms with Crippen molar-refractivity contribution in [3.63, 3.8) is 0 Å². The molecule has 1 heterocycles. The first-order valence-electron chi connectivity index (χ1n) is 11.3. The van der Waals surface area contributed by atoms with Gasteiger partial charge in [-0.05, 0) is 90.8 Å². The van der Waals surface area contributed by atoms with Crippen molar-refractivity contribution in [2.75, 3.05) is 18.6 Å². The van der Waals surface area contributed by atoms with Crippen LogP contribution in [0.3, 0.4) is 0 Å². The summed E-state index contributed by atoms with van der Waals surface area (Å²) in [5.41, 5.74) is 5.99. The number of hydrogen-bond donors (Lipinski definition) is 0. The fourth-order valence-corrected chi connectivity index (χ4v) is 5.34. The number of aryl methyl sites for hydroxylation is 1. The molecule has 3 aromatic carbocycles. The highest BCUT2D eigenvalue weighted by Crippen LogP contribution is 2.45. The lowest BCUT2D eigenvalue weighted by atomic mass is 9.76. The van der Waals surface area contributed by atoms with Crippen LogP contribution in [-0.4, -0.2) is 13.7 Å². The molecular formula is C28H31BrClNO. The summed E-state index contributed by atoms with van der Waals surface area (Å²) < 4.78 is 6.60. The lowest BCUT2D eigenvalue weighted by molar-refractivity contribution is 0.411. The highest BCUT2D eigenvalue weighted by atomic mass is 79.9. The third kappa shape index (κ3) is 4.43. The quantitative estimate of drug-likeness (QED) is 0.331. The van der Waals surface area contributed by atoms with Gasteiger partial charge in [0.1, 0.15) is 5.75 Å². The zero-order valence-corrected chi connectivity index (χ0v) is 21.6. The van der Waals surface area contributed by atoms with Crippen molar-refractivity contribution >= 4 is 33.2 Å². The van der Waals surface area contributed by atoms with E-state index >= 15 is 0 Å². The molecule has 0 N–H and O–H groups in total. The van der Waals surface area contributed by atoms with Crippen LogP contribution >= 0.6 is 27.5 Å². The number of ether oxygens (including phenoxy) is 1. The number of anilines is 1. The van der Waals surface area contributed by atoms with Gasteiger partial charge in [-0.3, -0.25) is 0 Å². The SMILES string of the molecule is COc1ccc2c(c1)CCN(c1ccc(CCC(C)C)c(Cl)c1)C2(C)c1ccc(Br)cc1. The molecule has 0 bridgehead atoms. The maximum Gasteiger partial charge on any atom is 0.119 e. The van der Waals surface area contributed by atoms with E-state index in [0.29, 0.717) is 5.92 Å². The molecule has 168 valence electrons. The van der Waals surface area contributed by atoms with Crippen LogP contribution in [-0.2, 0) is 18.4 Å². The van der Waals surface area contributed by atoms with Gasteiger partial charge in [-0.15, -0.1) is 0 Å². The molecule has 2 nitrogen and oxygen atoms in total. The van der Waals surface area contributed by atoms with E-state index in [0.717, 1.165) is 46.7 Å². The predicted octanol–water partition coefficient (Wildman–Crippen LogP) is 8.03. The van der Waals surface area contributed by atoms with E-state index in [1.54, 1.807) is 7.11 Å². The van der Waals surface area contributed by atoms with Crippen LogP contribution < -0.4 is 9.64 Å². The average molecular weight is 513 g/mol. The van der Waals surface area contributed by atoms with E-state index in [1.165, 1.54) is 22.3 Å². The monoisotopic (exact) mass is 511 g/mol. The molecule has 0 aromatic heterocycles. The number of halogens is 2. The highest BCUT2D eigenvalue weighted by Gasteiger charge is 2.40. The van der Waals surface area contributed by atoms with Gasteiger partial charge < -0.3 is 9.64 Å². The number of hydrogen-bond acceptors (Lipinski definition) is 2. The minimum Gasteiger partial charge on any atom is -0.497 e. The molecule has 0 saturated carbocycles. The van der Waals surface area contributed by atoms with Gasteiger partial charge in [0.15, 0.2) is 0 Å². The van der Waals surface area contributed by atoms with Crippen LogP contribution in [0.5, 0.6) is 5.75 Å². The second-order valence-corrected chi connectivity index (χ2v) is 10.5. The highest BCUT2D eigenvalue weighted by molar-refractivity contribution is 9.10. The van der Waals surface area contributed by atoms with Gasteiger partial charge >= 0.3 is 0 Å². The van der Waals surface area contributed by atoms with Crippen LogP contribution in [0, 0.1) is 5.92 Å². The molecule has 0 aliphatic carbocycles. The number of rotatable bonds is 6. The maximum absolute atomic E-state index is 6.78. The number of benzene rings is 3. The van der Waals surface area contributed by atoms with Crippen LogP contribution in [0.2, 0.25) is 5.02 Å². The van der Waals surface area contributed by atoms with E-state index in [-0.39, 0.29) is 5.54 Å². The molecule has 4 heteroatoms. The van der Waals surface area contributed by atoms with Crippen molar-refractivity contribution in [3.05, 3.63) is 92.4 Å². The minimum atomic E-state index is -0.316.